The first-order chi connectivity index (χ1) is 8.88. The van der Waals surface area contributed by atoms with Gasteiger partial charge >= 0.3 is 0 Å². The van der Waals surface area contributed by atoms with Crippen molar-refractivity contribution in [2.45, 2.75) is 93.3 Å². The number of rotatable bonds is 5. The molecule has 2 radical (unpaired) electrons. The molecule has 1 aliphatic carbocycles. The summed E-state index contributed by atoms with van der Waals surface area (Å²) in [7, 11) is 7.00. The smallest absolute Gasteiger partial charge is 0.0668 e. The second-order valence-corrected chi connectivity index (χ2v) is 9.10. The average Bonchev–Trinajstić information content (AvgIpc) is 2.50. The Morgan fingerprint density at radius 1 is 1.10 bits per heavy atom. The SMILES string of the molecule is [B]C(C)(C1CC(C)C(C)(C)C1(C)CCC)C(C)(C)CC. The zero-order valence-electron chi connectivity index (χ0n) is 15.6. The molecule has 0 amide bonds. The Kier molecular flexibility index (Phi) is 4.86. The van der Waals surface area contributed by atoms with Crippen LogP contribution in [0, 0.1) is 28.1 Å². The molecule has 0 N–H and O–H groups in total. The van der Waals surface area contributed by atoms with Gasteiger partial charge in [0.15, 0.2) is 0 Å². The third kappa shape index (κ3) is 2.37. The lowest BCUT2D eigenvalue weighted by Gasteiger charge is -2.55. The van der Waals surface area contributed by atoms with Crippen LogP contribution in [0.3, 0.4) is 0 Å². The highest BCUT2D eigenvalue weighted by Crippen LogP contribution is 2.70. The van der Waals surface area contributed by atoms with Gasteiger partial charge in [-0.25, -0.2) is 0 Å². The highest BCUT2D eigenvalue weighted by Gasteiger charge is 2.60. The van der Waals surface area contributed by atoms with E-state index >= 15 is 0 Å². The van der Waals surface area contributed by atoms with Crippen molar-refractivity contribution in [2.75, 3.05) is 0 Å². The number of hydrogen-bond donors (Lipinski definition) is 0. The molecular weight excluding hydrogens is 239 g/mol. The van der Waals surface area contributed by atoms with Gasteiger partial charge in [0.05, 0.1) is 7.85 Å². The van der Waals surface area contributed by atoms with E-state index in [-0.39, 0.29) is 10.7 Å². The van der Waals surface area contributed by atoms with Crippen LogP contribution in [0.1, 0.15) is 88.0 Å². The maximum absolute atomic E-state index is 7.00. The van der Waals surface area contributed by atoms with Crippen molar-refractivity contribution in [1.82, 2.24) is 0 Å². The van der Waals surface area contributed by atoms with Gasteiger partial charge in [0.2, 0.25) is 0 Å². The third-order valence-electron chi connectivity index (χ3n) is 7.90. The van der Waals surface area contributed by atoms with Crippen molar-refractivity contribution >= 4 is 7.85 Å². The Bertz CT molecular complexity index is 340. The fourth-order valence-electron chi connectivity index (χ4n) is 4.70. The van der Waals surface area contributed by atoms with Crippen LogP contribution >= 0.6 is 0 Å². The molecule has 0 nitrogen and oxygen atoms in total. The minimum absolute atomic E-state index is 0.103. The molecule has 1 fully saturated rings. The normalized spacial score (nSPS) is 36.9. The van der Waals surface area contributed by atoms with Gasteiger partial charge in [-0.3, -0.25) is 0 Å². The van der Waals surface area contributed by atoms with E-state index in [1.54, 1.807) is 0 Å². The van der Waals surface area contributed by atoms with Crippen LogP contribution in [0.4, 0.5) is 0 Å². The Labute approximate surface area is 129 Å². The lowest BCUT2D eigenvalue weighted by molar-refractivity contribution is 0.00856. The van der Waals surface area contributed by atoms with E-state index in [0.29, 0.717) is 16.7 Å². The van der Waals surface area contributed by atoms with E-state index in [1.807, 2.05) is 0 Å². The van der Waals surface area contributed by atoms with E-state index in [1.165, 1.54) is 19.3 Å². The zero-order valence-corrected chi connectivity index (χ0v) is 15.6. The van der Waals surface area contributed by atoms with E-state index in [9.17, 15) is 0 Å². The van der Waals surface area contributed by atoms with Crippen molar-refractivity contribution in [3.05, 3.63) is 0 Å². The monoisotopic (exact) mass is 276 g/mol. The second kappa shape index (κ2) is 5.36. The molecule has 0 saturated heterocycles. The Morgan fingerprint density at radius 3 is 2.00 bits per heavy atom. The molecule has 0 heterocycles. The summed E-state index contributed by atoms with van der Waals surface area (Å²) in [5, 5.41) is -0.103. The molecule has 1 saturated carbocycles. The lowest BCUT2D eigenvalue weighted by Crippen LogP contribution is -2.45. The van der Waals surface area contributed by atoms with Crippen molar-refractivity contribution < 1.29 is 0 Å². The molecule has 0 bridgehead atoms. The molecule has 0 aromatic rings. The average molecular weight is 276 g/mol. The molecule has 0 aromatic heterocycles. The molecule has 116 valence electrons. The van der Waals surface area contributed by atoms with Gasteiger partial charge < -0.3 is 0 Å². The largest absolute Gasteiger partial charge is 0.0753 e. The van der Waals surface area contributed by atoms with Gasteiger partial charge in [-0.05, 0) is 40.9 Å². The van der Waals surface area contributed by atoms with Crippen LogP contribution in [0.5, 0.6) is 0 Å². The first-order valence-electron chi connectivity index (χ1n) is 8.67. The standard InChI is InChI=1S/C19H37B/c1-10-12-18(8)15(13-14(3)17(18,6)7)19(9,20)16(4,5)11-2/h14-15H,10-13H2,1-9H3. The van der Waals surface area contributed by atoms with Gasteiger partial charge in [0.25, 0.3) is 0 Å². The quantitative estimate of drug-likeness (QED) is 0.520. The van der Waals surface area contributed by atoms with Gasteiger partial charge in [0, 0.05) is 0 Å². The van der Waals surface area contributed by atoms with Crippen molar-refractivity contribution in [3.8, 4) is 0 Å². The van der Waals surface area contributed by atoms with Crippen molar-refractivity contribution in [2.24, 2.45) is 28.1 Å². The summed E-state index contributed by atoms with van der Waals surface area (Å²) in [5.41, 5.74) is 0.905. The molecule has 0 aliphatic heterocycles. The van der Waals surface area contributed by atoms with Crippen LogP contribution < -0.4 is 0 Å². The van der Waals surface area contributed by atoms with Crippen LogP contribution in [0.25, 0.3) is 0 Å². The maximum atomic E-state index is 7.00. The Balaban J connectivity index is 3.30. The Morgan fingerprint density at radius 2 is 1.60 bits per heavy atom. The molecule has 4 unspecified atom stereocenters. The lowest BCUT2D eigenvalue weighted by atomic mass is 9.43. The summed E-state index contributed by atoms with van der Waals surface area (Å²) in [5.74, 6) is 1.36. The van der Waals surface area contributed by atoms with Crippen LogP contribution in [0.15, 0.2) is 0 Å². The summed E-state index contributed by atoms with van der Waals surface area (Å²) in [6.45, 7) is 21.5. The van der Waals surface area contributed by atoms with E-state index in [4.69, 9.17) is 7.85 Å². The highest BCUT2D eigenvalue weighted by molar-refractivity contribution is 6.15. The van der Waals surface area contributed by atoms with E-state index in [2.05, 4.69) is 62.3 Å². The summed E-state index contributed by atoms with van der Waals surface area (Å²) in [6.07, 6.45) is 4.97. The van der Waals surface area contributed by atoms with Crippen molar-refractivity contribution in [3.63, 3.8) is 0 Å². The minimum atomic E-state index is -0.103. The van der Waals surface area contributed by atoms with Crippen LogP contribution in [-0.4, -0.2) is 7.85 Å². The molecule has 0 spiro atoms. The maximum Gasteiger partial charge on any atom is 0.0753 e. The van der Waals surface area contributed by atoms with E-state index in [0.717, 1.165) is 12.3 Å². The molecule has 4 atom stereocenters. The summed E-state index contributed by atoms with van der Waals surface area (Å²) in [6, 6.07) is 0. The van der Waals surface area contributed by atoms with E-state index < -0.39 is 0 Å². The van der Waals surface area contributed by atoms with Gasteiger partial charge in [-0.2, -0.15) is 0 Å². The fraction of sp³-hybridized carbons (Fsp3) is 1.00. The Hall–Kier alpha value is 0.0649. The highest BCUT2D eigenvalue weighted by atomic mass is 14.6. The zero-order chi connectivity index (χ0) is 16.0. The second-order valence-electron chi connectivity index (χ2n) is 9.10. The molecule has 0 aromatic carbocycles. The summed E-state index contributed by atoms with van der Waals surface area (Å²) >= 11 is 0. The minimum Gasteiger partial charge on any atom is -0.0668 e. The van der Waals surface area contributed by atoms with Crippen LogP contribution in [0.2, 0.25) is 5.31 Å². The number of hydrogen-bond acceptors (Lipinski definition) is 0. The van der Waals surface area contributed by atoms with Gasteiger partial charge in [0.1, 0.15) is 0 Å². The third-order valence-corrected chi connectivity index (χ3v) is 7.90. The molecule has 1 heteroatoms. The molecule has 1 aliphatic rings. The first-order valence-corrected chi connectivity index (χ1v) is 8.67. The topological polar surface area (TPSA) is 0 Å². The summed E-state index contributed by atoms with van der Waals surface area (Å²) in [4.78, 5) is 0. The molecule has 1 rings (SSSR count). The van der Waals surface area contributed by atoms with Gasteiger partial charge in [-0.15, -0.1) is 0 Å². The molecule has 20 heavy (non-hydrogen) atoms. The van der Waals surface area contributed by atoms with Crippen molar-refractivity contribution in [1.29, 1.82) is 0 Å². The molecular formula is C19H37B. The van der Waals surface area contributed by atoms with Gasteiger partial charge in [-0.1, -0.05) is 80.5 Å². The van der Waals surface area contributed by atoms with Crippen LogP contribution in [-0.2, 0) is 0 Å². The predicted octanol–water partition coefficient (Wildman–Crippen LogP) is 6.26. The predicted molar refractivity (Wildman–Crippen MR) is 92.3 cm³/mol. The summed E-state index contributed by atoms with van der Waals surface area (Å²) < 4.78 is 0. The fourth-order valence-corrected chi connectivity index (χ4v) is 4.70. The first kappa shape index (κ1) is 18.1.